The van der Waals surface area contributed by atoms with Gasteiger partial charge < -0.3 is 39.5 Å². The number of nitrogens with zero attached hydrogens (tertiary/aromatic N) is 3. The van der Waals surface area contributed by atoms with Crippen LogP contribution in [0.1, 0.15) is 32.8 Å². The Morgan fingerprint density at radius 1 is 1.11 bits per heavy atom. The first kappa shape index (κ1) is 28.0. The third kappa shape index (κ3) is 7.70. The van der Waals surface area contributed by atoms with E-state index in [1.807, 2.05) is 13.2 Å². The fraction of sp³-hybridized carbons (Fsp3) is 0.500. The maximum Gasteiger partial charge on any atom is 0.344 e. The molecule has 3 rings (SSSR count). The van der Waals surface area contributed by atoms with Gasteiger partial charge in [-0.25, -0.2) is 14.8 Å². The maximum absolute atomic E-state index is 12.2. The molecule has 0 atom stereocenters. The molecule has 11 nitrogen and oxygen atoms in total. The summed E-state index contributed by atoms with van der Waals surface area (Å²) in [5.41, 5.74) is 1.78. The van der Waals surface area contributed by atoms with Gasteiger partial charge in [-0.3, -0.25) is 0 Å². The van der Waals surface area contributed by atoms with Gasteiger partial charge in [-0.15, -0.1) is 0 Å². The van der Waals surface area contributed by atoms with Crippen LogP contribution in [0.15, 0.2) is 24.7 Å². The van der Waals surface area contributed by atoms with Crippen molar-refractivity contribution in [3.05, 3.63) is 30.2 Å². The third-order valence-electron chi connectivity index (χ3n) is 5.46. The second-order valence-electron chi connectivity index (χ2n) is 9.66. The number of carbonyl (C=O) groups excluding carboxylic acids is 1. The molecule has 0 radical (unpaired) electrons. The number of carbonyl (C=O) groups is 1. The number of aromatic amines is 1. The van der Waals surface area contributed by atoms with E-state index in [1.165, 1.54) is 13.4 Å². The quantitative estimate of drug-likeness (QED) is 0.231. The molecular weight excluding hydrogens is 476 g/mol. The number of aromatic nitrogens is 3. The molecule has 1 aromatic carbocycles. The van der Waals surface area contributed by atoms with Crippen molar-refractivity contribution in [1.29, 1.82) is 0 Å². The number of H-pyrrole nitrogens is 1. The van der Waals surface area contributed by atoms with Crippen molar-refractivity contribution in [3.63, 3.8) is 0 Å². The van der Waals surface area contributed by atoms with Crippen LogP contribution < -0.4 is 24.8 Å². The van der Waals surface area contributed by atoms with Gasteiger partial charge in [0.2, 0.25) is 0 Å². The lowest BCUT2D eigenvalue weighted by atomic mass is 10.2. The summed E-state index contributed by atoms with van der Waals surface area (Å²) in [5.74, 6) is 1.44. The Hall–Kier alpha value is -3.57. The van der Waals surface area contributed by atoms with Gasteiger partial charge in [-0.1, -0.05) is 0 Å². The van der Waals surface area contributed by atoms with E-state index in [0.717, 1.165) is 42.7 Å². The Labute approximate surface area is 217 Å². The number of benzene rings is 1. The SMILES string of the molecule is CNCCCN(C)Cc1c[nH]c2ncnc(Nc3cc(OCC(=O)OC(C)(C)C)c(OC)cc3OC)c12. The smallest absolute Gasteiger partial charge is 0.344 e. The van der Waals surface area contributed by atoms with Gasteiger partial charge in [0.05, 0.1) is 25.3 Å². The van der Waals surface area contributed by atoms with Crippen molar-refractivity contribution >= 4 is 28.5 Å². The van der Waals surface area contributed by atoms with Crippen LogP contribution in [0.5, 0.6) is 17.2 Å². The number of hydrogen-bond donors (Lipinski definition) is 3. The van der Waals surface area contributed by atoms with E-state index >= 15 is 0 Å². The standard InChI is InChI=1S/C26H38N6O5/c1-26(2,3)37-22(33)15-36-21-11-18(19(34-6)12-20(21)35-7)31-25-23-17(13-28-24(23)29-16-30-25)14-32(5)10-8-9-27-4/h11-13,16,27H,8-10,14-15H2,1-7H3,(H2,28,29,30,31). The van der Waals surface area contributed by atoms with Gasteiger partial charge in [0.1, 0.15) is 29.1 Å². The molecule has 0 unspecified atom stereocenters. The Morgan fingerprint density at radius 2 is 1.86 bits per heavy atom. The first-order valence-corrected chi connectivity index (χ1v) is 12.2. The summed E-state index contributed by atoms with van der Waals surface area (Å²) in [5, 5.41) is 7.42. The van der Waals surface area contributed by atoms with Crippen LogP contribution in [0, 0.1) is 0 Å². The topological polar surface area (TPSA) is 123 Å². The minimum atomic E-state index is -0.606. The molecule has 0 aliphatic rings. The van der Waals surface area contributed by atoms with E-state index in [0.29, 0.717) is 28.8 Å². The number of fused-ring (bicyclic) bond motifs is 1. The molecule has 0 saturated carbocycles. The first-order valence-electron chi connectivity index (χ1n) is 12.2. The molecule has 3 aromatic rings. The number of methoxy groups -OCH3 is 2. The number of hydrogen-bond acceptors (Lipinski definition) is 10. The minimum Gasteiger partial charge on any atom is -0.494 e. The number of anilines is 2. The Bertz CT molecular complexity index is 1190. The van der Waals surface area contributed by atoms with E-state index in [-0.39, 0.29) is 6.61 Å². The van der Waals surface area contributed by atoms with Crippen LogP contribution >= 0.6 is 0 Å². The van der Waals surface area contributed by atoms with Gasteiger partial charge in [-0.05, 0) is 59.9 Å². The first-order chi connectivity index (χ1) is 17.6. The lowest BCUT2D eigenvalue weighted by Gasteiger charge is -2.20. The summed E-state index contributed by atoms with van der Waals surface area (Å²) in [6.45, 7) is 7.80. The van der Waals surface area contributed by atoms with Gasteiger partial charge in [0.25, 0.3) is 0 Å². The number of rotatable bonds is 13. The maximum atomic E-state index is 12.2. The fourth-order valence-corrected chi connectivity index (χ4v) is 3.86. The van der Waals surface area contributed by atoms with Gasteiger partial charge >= 0.3 is 5.97 Å². The number of ether oxygens (including phenoxy) is 4. The molecule has 3 N–H and O–H groups in total. The van der Waals surface area contributed by atoms with Crippen molar-refractivity contribution in [2.45, 2.75) is 39.3 Å². The molecule has 2 heterocycles. The van der Waals surface area contributed by atoms with Crippen LogP contribution in [0.25, 0.3) is 11.0 Å². The predicted molar refractivity (Wildman–Crippen MR) is 143 cm³/mol. The molecule has 37 heavy (non-hydrogen) atoms. The Morgan fingerprint density at radius 3 is 2.54 bits per heavy atom. The van der Waals surface area contributed by atoms with Crippen molar-refractivity contribution in [2.24, 2.45) is 0 Å². The molecular formula is C26H38N6O5. The van der Waals surface area contributed by atoms with Crippen LogP contribution in [0.4, 0.5) is 11.5 Å². The van der Waals surface area contributed by atoms with Crippen molar-refractivity contribution in [3.8, 4) is 17.2 Å². The van der Waals surface area contributed by atoms with E-state index in [4.69, 9.17) is 18.9 Å². The van der Waals surface area contributed by atoms with Gasteiger partial charge in [0, 0.05) is 24.9 Å². The highest BCUT2D eigenvalue weighted by molar-refractivity contribution is 5.92. The average molecular weight is 515 g/mol. The average Bonchev–Trinajstić information content (AvgIpc) is 3.25. The normalized spacial score (nSPS) is 11.6. The van der Waals surface area contributed by atoms with Crippen molar-refractivity contribution in [1.82, 2.24) is 25.2 Å². The van der Waals surface area contributed by atoms with Crippen LogP contribution in [0.3, 0.4) is 0 Å². The molecule has 0 spiro atoms. The summed E-state index contributed by atoms with van der Waals surface area (Å²) in [6, 6.07) is 3.41. The molecule has 0 aliphatic carbocycles. The summed E-state index contributed by atoms with van der Waals surface area (Å²) in [4.78, 5) is 26.6. The summed E-state index contributed by atoms with van der Waals surface area (Å²) in [6.07, 6.45) is 4.50. The van der Waals surface area contributed by atoms with Gasteiger partial charge in [-0.2, -0.15) is 0 Å². The highest BCUT2D eigenvalue weighted by atomic mass is 16.6. The van der Waals surface area contributed by atoms with E-state index < -0.39 is 11.6 Å². The van der Waals surface area contributed by atoms with E-state index in [9.17, 15) is 4.79 Å². The van der Waals surface area contributed by atoms with E-state index in [2.05, 4.69) is 37.5 Å². The number of nitrogens with one attached hydrogen (secondary N) is 3. The molecule has 11 heteroatoms. The zero-order valence-electron chi connectivity index (χ0n) is 22.7. The largest absolute Gasteiger partial charge is 0.494 e. The highest BCUT2D eigenvalue weighted by Gasteiger charge is 2.20. The van der Waals surface area contributed by atoms with Crippen LogP contribution in [-0.2, 0) is 16.1 Å². The summed E-state index contributed by atoms with van der Waals surface area (Å²) in [7, 11) is 7.14. The molecule has 2 aromatic heterocycles. The zero-order chi connectivity index (χ0) is 27.0. The second-order valence-corrected chi connectivity index (χ2v) is 9.66. The molecule has 0 amide bonds. The number of esters is 1. The molecule has 0 aliphatic heterocycles. The third-order valence-corrected chi connectivity index (χ3v) is 5.46. The fourth-order valence-electron chi connectivity index (χ4n) is 3.86. The summed E-state index contributed by atoms with van der Waals surface area (Å²) < 4.78 is 22.2. The highest BCUT2D eigenvalue weighted by Crippen LogP contribution is 2.40. The van der Waals surface area contributed by atoms with Gasteiger partial charge in [0.15, 0.2) is 18.1 Å². The minimum absolute atomic E-state index is 0.265. The molecule has 0 fully saturated rings. The Kier molecular flexibility index (Phi) is 9.54. The van der Waals surface area contributed by atoms with Crippen molar-refractivity contribution < 1.29 is 23.7 Å². The molecule has 0 bridgehead atoms. The molecule has 0 saturated heterocycles. The monoisotopic (exact) mass is 514 g/mol. The lowest BCUT2D eigenvalue weighted by molar-refractivity contribution is -0.157. The Balaban J connectivity index is 1.88. The molecule has 202 valence electrons. The van der Waals surface area contributed by atoms with Crippen molar-refractivity contribution in [2.75, 3.05) is 53.3 Å². The van der Waals surface area contributed by atoms with Crippen LogP contribution in [-0.4, -0.2) is 79.4 Å². The predicted octanol–water partition coefficient (Wildman–Crippen LogP) is 3.48. The summed E-state index contributed by atoms with van der Waals surface area (Å²) >= 11 is 0. The second kappa shape index (κ2) is 12.6. The lowest BCUT2D eigenvalue weighted by Crippen LogP contribution is -2.27. The van der Waals surface area contributed by atoms with E-state index in [1.54, 1.807) is 40.0 Å². The van der Waals surface area contributed by atoms with Crippen LogP contribution in [0.2, 0.25) is 0 Å². The zero-order valence-corrected chi connectivity index (χ0v) is 22.7.